The van der Waals surface area contributed by atoms with Crippen molar-refractivity contribution in [1.82, 2.24) is 4.90 Å². The molecule has 0 atom stereocenters. The SMILES string of the molecule is COc1ccc(CCN(C)CCOc2ccc(NS(C)(=O)=O)cc2C#N)cc1OC. The maximum Gasteiger partial charge on any atom is 0.229 e. The Morgan fingerprint density at radius 3 is 2.37 bits per heavy atom. The number of ether oxygens (including phenoxy) is 3. The molecule has 0 aliphatic heterocycles. The molecule has 0 amide bonds. The van der Waals surface area contributed by atoms with E-state index in [-0.39, 0.29) is 5.56 Å². The van der Waals surface area contributed by atoms with E-state index < -0.39 is 10.0 Å². The Balaban J connectivity index is 1.86. The van der Waals surface area contributed by atoms with E-state index in [9.17, 15) is 13.7 Å². The molecule has 162 valence electrons. The van der Waals surface area contributed by atoms with Gasteiger partial charge in [-0.3, -0.25) is 4.72 Å². The summed E-state index contributed by atoms with van der Waals surface area (Å²) in [6, 6.07) is 12.5. The number of nitriles is 1. The van der Waals surface area contributed by atoms with Crippen molar-refractivity contribution in [1.29, 1.82) is 5.26 Å². The van der Waals surface area contributed by atoms with Crippen molar-refractivity contribution in [2.75, 3.05) is 51.9 Å². The maximum atomic E-state index is 11.3. The summed E-state index contributed by atoms with van der Waals surface area (Å²) in [4.78, 5) is 2.13. The highest BCUT2D eigenvalue weighted by molar-refractivity contribution is 7.92. The lowest BCUT2D eigenvalue weighted by molar-refractivity contribution is 0.238. The predicted octanol–water partition coefficient (Wildman–Crippen LogP) is 2.50. The van der Waals surface area contributed by atoms with Crippen LogP contribution in [0.2, 0.25) is 0 Å². The normalized spacial score (nSPS) is 11.1. The topological polar surface area (TPSA) is 101 Å². The second kappa shape index (κ2) is 10.7. The molecule has 2 aromatic rings. The monoisotopic (exact) mass is 433 g/mol. The summed E-state index contributed by atoms with van der Waals surface area (Å²) in [5.41, 5.74) is 1.74. The molecule has 0 heterocycles. The number of nitrogens with zero attached hydrogens (tertiary/aromatic N) is 2. The molecule has 0 unspecified atom stereocenters. The molecule has 8 nitrogen and oxygen atoms in total. The van der Waals surface area contributed by atoms with Gasteiger partial charge in [0.1, 0.15) is 18.4 Å². The van der Waals surface area contributed by atoms with Gasteiger partial charge in [0.2, 0.25) is 10.0 Å². The number of methoxy groups -OCH3 is 2. The van der Waals surface area contributed by atoms with Crippen LogP contribution in [-0.4, -0.2) is 60.5 Å². The van der Waals surface area contributed by atoms with Crippen molar-refractivity contribution in [3.05, 3.63) is 47.5 Å². The van der Waals surface area contributed by atoms with Crippen LogP contribution in [0, 0.1) is 11.3 Å². The van der Waals surface area contributed by atoms with Gasteiger partial charge in [-0.1, -0.05) is 6.07 Å². The molecule has 0 aromatic heterocycles. The fraction of sp³-hybridized carbons (Fsp3) is 0.381. The molecule has 30 heavy (non-hydrogen) atoms. The second-order valence-electron chi connectivity index (χ2n) is 6.79. The lowest BCUT2D eigenvalue weighted by Gasteiger charge is -2.18. The number of rotatable bonds is 11. The lowest BCUT2D eigenvalue weighted by atomic mass is 10.1. The zero-order valence-corrected chi connectivity index (χ0v) is 18.5. The summed E-state index contributed by atoms with van der Waals surface area (Å²) in [7, 11) is 1.82. The smallest absolute Gasteiger partial charge is 0.229 e. The molecule has 2 aromatic carbocycles. The third-order valence-corrected chi connectivity index (χ3v) is 4.97. The highest BCUT2D eigenvalue weighted by Crippen LogP contribution is 2.27. The van der Waals surface area contributed by atoms with Crippen molar-refractivity contribution in [2.24, 2.45) is 0 Å². The summed E-state index contributed by atoms with van der Waals surface area (Å²) in [5.74, 6) is 1.83. The van der Waals surface area contributed by atoms with Crippen LogP contribution in [0.4, 0.5) is 5.69 Å². The first-order valence-electron chi connectivity index (χ1n) is 9.30. The van der Waals surface area contributed by atoms with E-state index in [1.807, 2.05) is 31.3 Å². The van der Waals surface area contributed by atoms with Crippen molar-refractivity contribution in [3.8, 4) is 23.3 Å². The van der Waals surface area contributed by atoms with Gasteiger partial charge >= 0.3 is 0 Å². The molecule has 0 aliphatic carbocycles. The van der Waals surface area contributed by atoms with Crippen LogP contribution in [0.25, 0.3) is 0 Å². The molecule has 9 heteroatoms. The van der Waals surface area contributed by atoms with Gasteiger partial charge in [0.15, 0.2) is 11.5 Å². The fourth-order valence-electron chi connectivity index (χ4n) is 2.80. The highest BCUT2D eigenvalue weighted by atomic mass is 32.2. The van der Waals surface area contributed by atoms with Gasteiger partial charge in [0, 0.05) is 13.1 Å². The molecule has 0 radical (unpaired) electrons. The summed E-state index contributed by atoms with van der Waals surface area (Å²) >= 11 is 0. The number of hydrogen-bond donors (Lipinski definition) is 1. The number of likely N-dealkylation sites (N-methyl/N-ethyl adjacent to an activating group) is 1. The van der Waals surface area contributed by atoms with Crippen LogP contribution in [0.3, 0.4) is 0 Å². The quantitative estimate of drug-likeness (QED) is 0.581. The van der Waals surface area contributed by atoms with Gasteiger partial charge < -0.3 is 19.1 Å². The van der Waals surface area contributed by atoms with Crippen LogP contribution < -0.4 is 18.9 Å². The average molecular weight is 434 g/mol. The van der Waals surface area contributed by atoms with Crippen molar-refractivity contribution in [3.63, 3.8) is 0 Å². The van der Waals surface area contributed by atoms with E-state index in [0.29, 0.717) is 36.1 Å². The standard InChI is InChI=1S/C21H27N3O5S/c1-24(10-9-16-5-7-20(27-2)21(13-16)28-3)11-12-29-19-8-6-18(14-17(19)15-22)23-30(4,25)26/h5-8,13-14,23H,9-12H2,1-4H3. The van der Waals surface area contributed by atoms with Gasteiger partial charge in [0.25, 0.3) is 0 Å². The van der Waals surface area contributed by atoms with Gasteiger partial charge in [-0.2, -0.15) is 5.26 Å². The van der Waals surface area contributed by atoms with Crippen LogP contribution in [0.5, 0.6) is 17.2 Å². The molecule has 0 saturated carbocycles. The summed E-state index contributed by atoms with van der Waals surface area (Å²) < 4.78 is 41.3. The number of anilines is 1. The molecular weight excluding hydrogens is 406 g/mol. The Hall–Kier alpha value is -2.96. The van der Waals surface area contributed by atoms with Crippen LogP contribution in [0.15, 0.2) is 36.4 Å². The van der Waals surface area contributed by atoms with Gasteiger partial charge in [-0.25, -0.2) is 8.42 Å². The largest absolute Gasteiger partial charge is 0.493 e. The number of nitrogens with one attached hydrogen (secondary N) is 1. The molecular formula is C21H27N3O5S. The first kappa shape index (κ1) is 23.3. The minimum Gasteiger partial charge on any atom is -0.493 e. The molecule has 0 spiro atoms. The van der Waals surface area contributed by atoms with Gasteiger partial charge in [-0.05, 0) is 49.4 Å². The summed E-state index contributed by atoms with van der Waals surface area (Å²) in [6.45, 7) is 1.89. The molecule has 0 saturated heterocycles. The molecule has 1 N–H and O–H groups in total. The zero-order chi connectivity index (χ0) is 22.1. The van der Waals surface area contributed by atoms with Gasteiger partial charge in [0.05, 0.1) is 31.7 Å². The Kier molecular flexibility index (Phi) is 8.33. The van der Waals surface area contributed by atoms with E-state index in [4.69, 9.17) is 14.2 Å². The highest BCUT2D eigenvalue weighted by Gasteiger charge is 2.09. The number of benzene rings is 2. The van der Waals surface area contributed by atoms with E-state index in [1.165, 1.54) is 6.07 Å². The zero-order valence-electron chi connectivity index (χ0n) is 17.6. The van der Waals surface area contributed by atoms with E-state index in [1.54, 1.807) is 26.4 Å². The minimum atomic E-state index is -3.40. The summed E-state index contributed by atoms with van der Waals surface area (Å²) in [5, 5.41) is 9.30. The molecule has 0 bridgehead atoms. The number of hydrogen-bond acceptors (Lipinski definition) is 7. The van der Waals surface area contributed by atoms with Crippen LogP contribution in [0.1, 0.15) is 11.1 Å². The Labute approximate surface area is 178 Å². The number of sulfonamides is 1. The van der Waals surface area contributed by atoms with E-state index >= 15 is 0 Å². The minimum absolute atomic E-state index is 0.275. The molecule has 2 rings (SSSR count). The average Bonchev–Trinajstić information content (AvgIpc) is 2.71. The first-order valence-corrected chi connectivity index (χ1v) is 11.2. The Morgan fingerprint density at radius 1 is 1.03 bits per heavy atom. The molecule has 0 aliphatic rings. The lowest BCUT2D eigenvalue weighted by Crippen LogP contribution is -2.26. The van der Waals surface area contributed by atoms with E-state index in [2.05, 4.69) is 9.62 Å². The van der Waals surface area contributed by atoms with Crippen molar-refractivity contribution >= 4 is 15.7 Å². The Bertz CT molecular complexity index is 1000. The van der Waals surface area contributed by atoms with Crippen molar-refractivity contribution < 1.29 is 22.6 Å². The molecule has 0 fully saturated rings. The fourth-order valence-corrected chi connectivity index (χ4v) is 3.36. The Morgan fingerprint density at radius 2 is 1.73 bits per heavy atom. The first-order chi connectivity index (χ1) is 14.3. The van der Waals surface area contributed by atoms with Gasteiger partial charge in [-0.15, -0.1) is 0 Å². The van der Waals surface area contributed by atoms with E-state index in [0.717, 1.165) is 24.8 Å². The van der Waals surface area contributed by atoms with Crippen LogP contribution in [-0.2, 0) is 16.4 Å². The third kappa shape index (κ3) is 7.13. The predicted molar refractivity (Wildman–Crippen MR) is 116 cm³/mol. The maximum absolute atomic E-state index is 11.3. The van der Waals surface area contributed by atoms with Crippen LogP contribution >= 0.6 is 0 Å². The second-order valence-corrected chi connectivity index (χ2v) is 8.54. The summed E-state index contributed by atoms with van der Waals surface area (Å²) in [6.07, 6.45) is 1.90. The van der Waals surface area contributed by atoms with Crippen molar-refractivity contribution in [2.45, 2.75) is 6.42 Å². The third-order valence-electron chi connectivity index (χ3n) is 4.36.